The third-order valence-electron chi connectivity index (χ3n) is 8.83. The van der Waals surface area contributed by atoms with Gasteiger partial charge in [0.05, 0.1) is 0 Å². The van der Waals surface area contributed by atoms with Crippen LogP contribution in [-0.4, -0.2) is 0 Å². The van der Waals surface area contributed by atoms with Gasteiger partial charge < -0.3 is 5.32 Å². The maximum absolute atomic E-state index is 4.60. The summed E-state index contributed by atoms with van der Waals surface area (Å²) in [6.45, 7) is 35.4. The smallest absolute Gasteiger partial charge is 0.0386 e. The summed E-state index contributed by atoms with van der Waals surface area (Å²) >= 11 is 0. The SMILES string of the molecule is C#CC.C=C(CC)Nc1cc(C)cc(C)c1.C=CC(CC)CCCC(C)C.CC.CC#Cc1cccc(-c2ccc(C(C)(CCC)CCC)cc2)c1. The van der Waals surface area contributed by atoms with Crippen LogP contribution in [0.1, 0.15) is 156 Å². The highest BCUT2D eigenvalue weighted by atomic mass is 14.9. The van der Waals surface area contributed by atoms with Crippen LogP contribution < -0.4 is 5.32 Å². The molecule has 0 aliphatic rings. The van der Waals surface area contributed by atoms with E-state index in [-0.39, 0.29) is 0 Å². The third-order valence-corrected chi connectivity index (χ3v) is 8.83. The van der Waals surface area contributed by atoms with Crippen LogP contribution in [0.3, 0.4) is 0 Å². The van der Waals surface area contributed by atoms with E-state index in [9.17, 15) is 0 Å². The molecule has 1 heteroatoms. The van der Waals surface area contributed by atoms with Crippen molar-refractivity contribution in [1.29, 1.82) is 0 Å². The van der Waals surface area contributed by atoms with Crippen LogP contribution in [0.15, 0.2) is 91.7 Å². The molecule has 0 radical (unpaired) electrons. The Morgan fingerprint density at radius 1 is 0.846 bits per heavy atom. The second-order valence-electron chi connectivity index (χ2n) is 14.1. The van der Waals surface area contributed by atoms with Crippen LogP contribution in [0.5, 0.6) is 0 Å². The van der Waals surface area contributed by atoms with Gasteiger partial charge in [0.25, 0.3) is 0 Å². The van der Waals surface area contributed by atoms with E-state index < -0.39 is 0 Å². The molecule has 0 spiro atoms. The van der Waals surface area contributed by atoms with Gasteiger partial charge in [-0.2, -0.15) is 0 Å². The molecule has 3 rings (SSSR count). The summed E-state index contributed by atoms with van der Waals surface area (Å²) in [5, 5.41) is 3.28. The summed E-state index contributed by atoms with van der Waals surface area (Å²) in [4.78, 5) is 0. The number of allylic oxidation sites excluding steroid dienone is 2. The molecule has 0 amide bonds. The van der Waals surface area contributed by atoms with Crippen LogP contribution in [0.25, 0.3) is 11.1 Å². The number of hydrogen-bond acceptors (Lipinski definition) is 1. The molecule has 0 heterocycles. The molecule has 1 N–H and O–H groups in total. The molecule has 286 valence electrons. The van der Waals surface area contributed by atoms with E-state index >= 15 is 0 Å². The number of aryl methyl sites for hydroxylation is 2. The second kappa shape index (κ2) is 30.7. The predicted molar refractivity (Wildman–Crippen MR) is 239 cm³/mol. The summed E-state index contributed by atoms with van der Waals surface area (Å²) in [7, 11) is 0. The Hall–Kier alpha value is -3.94. The van der Waals surface area contributed by atoms with Crippen LogP contribution >= 0.6 is 0 Å². The molecule has 0 saturated carbocycles. The number of benzene rings is 3. The first kappa shape index (κ1) is 50.2. The molecule has 3 aromatic rings. The Kier molecular flexibility index (Phi) is 29.6. The molecule has 0 fully saturated rings. The molecular weight excluding hydrogens is 627 g/mol. The highest BCUT2D eigenvalue weighted by Crippen LogP contribution is 2.35. The van der Waals surface area contributed by atoms with Gasteiger partial charge in [0.2, 0.25) is 0 Å². The lowest BCUT2D eigenvalue weighted by atomic mass is 9.75. The van der Waals surface area contributed by atoms with Gasteiger partial charge in [0.15, 0.2) is 0 Å². The number of nitrogens with one attached hydrogen (secondary N) is 1. The lowest BCUT2D eigenvalue weighted by Gasteiger charge is -2.30. The zero-order valence-electron chi connectivity index (χ0n) is 35.9. The Labute approximate surface area is 324 Å². The summed E-state index contributed by atoms with van der Waals surface area (Å²) in [6, 6.07) is 24.1. The van der Waals surface area contributed by atoms with E-state index in [0.717, 1.165) is 35.2 Å². The highest BCUT2D eigenvalue weighted by molar-refractivity contribution is 5.66. The molecule has 1 atom stereocenters. The van der Waals surface area contributed by atoms with E-state index in [1.165, 1.54) is 79.2 Å². The third kappa shape index (κ3) is 22.1. The first-order chi connectivity index (χ1) is 24.9. The predicted octanol–water partition coefficient (Wildman–Crippen LogP) is 15.9. The van der Waals surface area contributed by atoms with E-state index in [1.807, 2.05) is 20.8 Å². The van der Waals surface area contributed by atoms with Crippen molar-refractivity contribution in [3.05, 3.63) is 114 Å². The largest absolute Gasteiger partial charge is 0.359 e. The maximum atomic E-state index is 4.60. The van der Waals surface area contributed by atoms with Crippen molar-refractivity contribution in [1.82, 2.24) is 0 Å². The molecule has 3 aromatic carbocycles. The number of hydrogen-bond donors (Lipinski definition) is 1. The summed E-state index contributed by atoms with van der Waals surface area (Å²) < 4.78 is 0. The minimum atomic E-state index is 0.303. The zero-order chi connectivity index (χ0) is 40.0. The standard InChI is InChI=1S/C23H28.C12H17N.C11H22.C3H4.C2H6/c1-5-9-19-10-8-11-21(18-19)20-12-14-22(15-13-20)23(4,16-6-2)17-7-3;1-5-11(4)13-12-7-9(2)6-10(3)8-12;1-5-11(6-2)9-7-8-10(3)4;1-3-2;1-2/h8,10-15,18H,6-7,16-17H2,1-4H3;6-8,13H,4-5H2,1-3H3;5,10-11H,1,6-9H2,2-4H3;1H,2H3;1-2H3. The molecule has 0 aliphatic heterocycles. The van der Waals surface area contributed by atoms with Gasteiger partial charge >= 0.3 is 0 Å². The summed E-state index contributed by atoms with van der Waals surface area (Å²) in [5.41, 5.74) is 10.1. The van der Waals surface area contributed by atoms with E-state index in [0.29, 0.717) is 5.41 Å². The topological polar surface area (TPSA) is 12.0 Å². The Morgan fingerprint density at radius 3 is 1.85 bits per heavy atom. The Balaban J connectivity index is 0. The number of rotatable bonds is 15. The van der Waals surface area contributed by atoms with Crippen molar-refractivity contribution in [3.8, 4) is 35.3 Å². The quantitative estimate of drug-likeness (QED) is 0.123. The van der Waals surface area contributed by atoms with Gasteiger partial charge in [-0.3, -0.25) is 0 Å². The maximum Gasteiger partial charge on any atom is 0.0386 e. The van der Waals surface area contributed by atoms with Crippen molar-refractivity contribution in [2.75, 3.05) is 5.32 Å². The van der Waals surface area contributed by atoms with Gasteiger partial charge in [-0.15, -0.1) is 24.8 Å². The van der Waals surface area contributed by atoms with Crippen molar-refractivity contribution in [3.63, 3.8) is 0 Å². The molecule has 0 saturated heterocycles. The molecule has 1 unspecified atom stereocenters. The van der Waals surface area contributed by atoms with Crippen molar-refractivity contribution < 1.29 is 0 Å². The van der Waals surface area contributed by atoms with E-state index in [4.69, 9.17) is 0 Å². The van der Waals surface area contributed by atoms with Crippen LogP contribution in [-0.2, 0) is 5.41 Å². The molecule has 1 nitrogen and oxygen atoms in total. The Bertz CT molecular complexity index is 1440. The van der Waals surface area contributed by atoms with E-state index in [1.54, 1.807) is 6.92 Å². The first-order valence-corrected chi connectivity index (χ1v) is 20.0. The molecule has 0 aliphatic carbocycles. The van der Waals surface area contributed by atoms with Gasteiger partial charge in [-0.1, -0.05) is 149 Å². The van der Waals surface area contributed by atoms with Gasteiger partial charge in [0.1, 0.15) is 0 Å². The van der Waals surface area contributed by atoms with Crippen molar-refractivity contribution >= 4 is 5.69 Å². The molecule has 52 heavy (non-hydrogen) atoms. The lowest BCUT2D eigenvalue weighted by molar-refractivity contribution is 0.392. The van der Waals surface area contributed by atoms with Gasteiger partial charge in [-0.25, -0.2) is 0 Å². The van der Waals surface area contributed by atoms with Crippen molar-refractivity contribution in [2.24, 2.45) is 11.8 Å². The fourth-order valence-electron chi connectivity index (χ4n) is 6.12. The van der Waals surface area contributed by atoms with Crippen LogP contribution in [0.2, 0.25) is 0 Å². The van der Waals surface area contributed by atoms with Gasteiger partial charge in [-0.05, 0) is 129 Å². The number of terminal acetylenes is 1. The average molecular weight is 704 g/mol. The van der Waals surface area contributed by atoms with Crippen LogP contribution in [0.4, 0.5) is 5.69 Å². The highest BCUT2D eigenvalue weighted by Gasteiger charge is 2.24. The summed E-state index contributed by atoms with van der Waals surface area (Å²) in [5.74, 6) is 9.97. The van der Waals surface area contributed by atoms with Gasteiger partial charge in [0, 0.05) is 16.9 Å². The second-order valence-corrected chi connectivity index (χ2v) is 14.1. The Morgan fingerprint density at radius 2 is 1.40 bits per heavy atom. The first-order valence-electron chi connectivity index (χ1n) is 20.0. The molecular formula is C51H77N. The lowest BCUT2D eigenvalue weighted by Crippen LogP contribution is -2.21. The molecule has 0 aromatic heterocycles. The average Bonchev–Trinajstić information content (AvgIpc) is 3.12. The van der Waals surface area contributed by atoms with E-state index in [2.05, 4.69) is 178 Å². The van der Waals surface area contributed by atoms with Crippen molar-refractivity contribution in [2.45, 2.75) is 153 Å². The minimum Gasteiger partial charge on any atom is -0.359 e. The van der Waals surface area contributed by atoms with Crippen LogP contribution in [0, 0.1) is 49.9 Å². The minimum absolute atomic E-state index is 0.303. The molecule has 0 bridgehead atoms. The number of anilines is 1. The zero-order valence-corrected chi connectivity index (χ0v) is 35.9. The fourth-order valence-corrected chi connectivity index (χ4v) is 6.12. The monoisotopic (exact) mass is 704 g/mol. The summed E-state index contributed by atoms with van der Waals surface area (Å²) in [6.07, 6.45) is 17.9. The fraction of sp³-hybridized carbons (Fsp3) is 0.490. The normalized spacial score (nSPS) is 10.4.